The maximum Gasteiger partial charge on any atom is 0.353 e. The molecule has 1 saturated heterocycles. The van der Waals surface area contributed by atoms with Crippen LogP contribution in [0.25, 0.3) is 0 Å². The van der Waals surface area contributed by atoms with Crippen molar-refractivity contribution in [3.05, 3.63) is 16.8 Å². The quantitative estimate of drug-likeness (QED) is 0.584. The molecule has 1 aromatic rings. The third-order valence-corrected chi connectivity index (χ3v) is 3.99. The Balaban J connectivity index is 2.23. The molecule has 3 unspecified atom stereocenters. The summed E-state index contributed by atoms with van der Waals surface area (Å²) in [6, 6.07) is 0. The minimum atomic E-state index is -0.621. The number of thioether (sulfide) groups is 1. The van der Waals surface area contributed by atoms with Crippen molar-refractivity contribution < 1.29 is 10.2 Å². The molecule has 1 fully saturated rings. The van der Waals surface area contributed by atoms with Crippen LogP contribution in [0.2, 0.25) is 0 Å². The highest BCUT2D eigenvalue weighted by molar-refractivity contribution is 8.00. The number of anilines is 1. The molecule has 1 aliphatic heterocycles. The van der Waals surface area contributed by atoms with Crippen LogP contribution in [0.15, 0.2) is 11.1 Å². The van der Waals surface area contributed by atoms with Gasteiger partial charge in [0.05, 0.1) is 23.3 Å². The lowest BCUT2D eigenvalue weighted by molar-refractivity contribution is 0.137. The van der Waals surface area contributed by atoms with Crippen molar-refractivity contribution in [2.45, 2.75) is 23.1 Å². The van der Waals surface area contributed by atoms with Crippen LogP contribution in [0.3, 0.4) is 0 Å². The minimum absolute atomic E-state index is 0.0662. The zero-order valence-corrected chi connectivity index (χ0v) is 9.17. The normalized spacial score (nSPS) is 29.5. The van der Waals surface area contributed by atoms with Crippen molar-refractivity contribution in [3.8, 4) is 0 Å². The van der Waals surface area contributed by atoms with Crippen molar-refractivity contribution >= 4 is 17.7 Å². The lowest BCUT2D eigenvalue weighted by Gasteiger charge is -2.11. The van der Waals surface area contributed by atoms with Gasteiger partial charge in [-0.3, -0.25) is 4.57 Å². The Bertz CT molecular complexity index is 438. The van der Waals surface area contributed by atoms with Crippen molar-refractivity contribution in [1.82, 2.24) is 14.5 Å². The van der Waals surface area contributed by atoms with Gasteiger partial charge in [-0.05, 0) is 0 Å². The van der Waals surface area contributed by atoms with Gasteiger partial charge >= 0.3 is 5.69 Å². The summed E-state index contributed by atoms with van der Waals surface area (Å²) < 4.78 is 1.32. The first kappa shape index (κ1) is 11.4. The second kappa shape index (κ2) is 4.40. The van der Waals surface area contributed by atoms with Gasteiger partial charge in [-0.25, -0.2) is 9.78 Å². The summed E-state index contributed by atoms with van der Waals surface area (Å²) in [5.74, 6) is -0.0662. The third-order valence-electron chi connectivity index (χ3n) is 2.44. The minimum Gasteiger partial charge on any atom is -0.395 e. The molecule has 0 amide bonds. The average Bonchev–Trinajstić information content (AvgIpc) is 2.59. The smallest absolute Gasteiger partial charge is 0.353 e. The fraction of sp³-hybridized carbons (Fsp3) is 0.625. The van der Waals surface area contributed by atoms with E-state index in [1.165, 1.54) is 22.7 Å². The molecule has 7 nitrogen and oxygen atoms in total. The standard InChI is InChI=1S/C8H12N4O3S/c9-7-10-3-12(8(15)11-7)6-1-4(14)5(2-13)16-6/h3-6,13-14H,1-2H2,(H2,9,11,15). The number of hydrogen-bond acceptors (Lipinski definition) is 7. The van der Waals surface area contributed by atoms with Gasteiger partial charge in [0.2, 0.25) is 5.95 Å². The molecule has 1 aromatic heterocycles. The van der Waals surface area contributed by atoms with E-state index in [1.54, 1.807) is 0 Å². The Morgan fingerprint density at radius 3 is 3.00 bits per heavy atom. The number of nitrogens with zero attached hydrogens (tertiary/aromatic N) is 3. The Morgan fingerprint density at radius 2 is 2.44 bits per heavy atom. The van der Waals surface area contributed by atoms with E-state index in [1.807, 2.05) is 0 Å². The second-order valence-corrected chi connectivity index (χ2v) is 4.94. The third kappa shape index (κ3) is 2.04. The maximum absolute atomic E-state index is 11.5. The van der Waals surface area contributed by atoms with Gasteiger partial charge in [0.1, 0.15) is 6.33 Å². The molecule has 1 aliphatic rings. The lowest BCUT2D eigenvalue weighted by Crippen LogP contribution is -2.26. The van der Waals surface area contributed by atoms with Crippen LogP contribution < -0.4 is 11.4 Å². The highest BCUT2D eigenvalue weighted by atomic mass is 32.2. The summed E-state index contributed by atoms with van der Waals surface area (Å²) >= 11 is 1.33. The molecule has 3 atom stereocenters. The van der Waals surface area contributed by atoms with Gasteiger partial charge in [0, 0.05) is 6.42 Å². The molecule has 16 heavy (non-hydrogen) atoms. The van der Waals surface area contributed by atoms with Crippen LogP contribution in [0, 0.1) is 0 Å². The zero-order valence-electron chi connectivity index (χ0n) is 8.35. The van der Waals surface area contributed by atoms with E-state index < -0.39 is 11.8 Å². The summed E-state index contributed by atoms with van der Waals surface area (Å²) in [7, 11) is 0. The molecule has 0 aromatic carbocycles. The van der Waals surface area contributed by atoms with E-state index >= 15 is 0 Å². The molecule has 0 aliphatic carbocycles. The van der Waals surface area contributed by atoms with Gasteiger partial charge < -0.3 is 15.9 Å². The van der Waals surface area contributed by atoms with Gasteiger partial charge in [0.15, 0.2) is 0 Å². The number of nitrogens with two attached hydrogens (primary N) is 1. The first-order valence-electron chi connectivity index (χ1n) is 4.77. The molecule has 2 heterocycles. The fourth-order valence-corrected chi connectivity index (χ4v) is 2.97. The van der Waals surface area contributed by atoms with E-state index in [0.717, 1.165) is 0 Å². The molecule has 8 heteroatoms. The zero-order chi connectivity index (χ0) is 11.7. The summed E-state index contributed by atoms with van der Waals surface area (Å²) in [4.78, 5) is 18.7. The van der Waals surface area contributed by atoms with Gasteiger partial charge in [-0.15, -0.1) is 11.8 Å². The predicted octanol–water partition coefficient (Wildman–Crippen LogP) is -1.42. The first-order chi connectivity index (χ1) is 7.61. The first-order valence-corrected chi connectivity index (χ1v) is 5.71. The number of hydrogen-bond donors (Lipinski definition) is 3. The van der Waals surface area contributed by atoms with Gasteiger partial charge in [-0.2, -0.15) is 4.98 Å². The van der Waals surface area contributed by atoms with Crippen LogP contribution in [-0.2, 0) is 0 Å². The number of rotatable bonds is 2. The molecular formula is C8H12N4O3S. The van der Waals surface area contributed by atoms with Crippen LogP contribution in [0.4, 0.5) is 5.95 Å². The van der Waals surface area contributed by atoms with Crippen LogP contribution in [0.1, 0.15) is 11.8 Å². The van der Waals surface area contributed by atoms with Gasteiger partial charge in [0.25, 0.3) is 0 Å². The SMILES string of the molecule is Nc1ncn(C2CC(O)C(CO)S2)c(=O)n1. The van der Waals surface area contributed by atoms with Crippen LogP contribution in [0.5, 0.6) is 0 Å². The number of aromatic nitrogens is 3. The van der Waals surface area contributed by atoms with Gasteiger partial charge in [-0.1, -0.05) is 0 Å². The predicted molar refractivity (Wildman–Crippen MR) is 58.8 cm³/mol. The summed E-state index contributed by atoms with van der Waals surface area (Å²) in [5, 5.41) is 18.1. The molecule has 4 N–H and O–H groups in total. The molecule has 88 valence electrons. The van der Waals surface area contributed by atoms with Crippen molar-refractivity contribution in [3.63, 3.8) is 0 Å². The van der Waals surface area contributed by atoms with E-state index in [0.29, 0.717) is 6.42 Å². The summed E-state index contributed by atoms with van der Waals surface area (Å²) in [6.07, 6.45) is 1.09. The molecule has 0 radical (unpaired) electrons. The van der Waals surface area contributed by atoms with E-state index in [2.05, 4.69) is 9.97 Å². The molecular weight excluding hydrogens is 232 g/mol. The van der Waals surface area contributed by atoms with E-state index in [9.17, 15) is 9.90 Å². The number of nitrogen functional groups attached to an aromatic ring is 1. The lowest BCUT2D eigenvalue weighted by atomic mass is 10.2. The molecule has 0 saturated carbocycles. The number of aliphatic hydroxyl groups is 2. The Kier molecular flexibility index (Phi) is 3.13. The molecule has 0 spiro atoms. The van der Waals surface area contributed by atoms with Crippen molar-refractivity contribution in [2.24, 2.45) is 0 Å². The average molecular weight is 244 g/mol. The summed E-state index contributed by atoms with van der Waals surface area (Å²) in [6.45, 7) is -0.118. The molecule has 0 bridgehead atoms. The largest absolute Gasteiger partial charge is 0.395 e. The van der Waals surface area contributed by atoms with E-state index in [-0.39, 0.29) is 23.2 Å². The van der Waals surface area contributed by atoms with Crippen LogP contribution in [-0.4, -0.2) is 42.7 Å². The topological polar surface area (TPSA) is 114 Å². The fourth-order valence-electron chi connectivity index (χ4n) is 1.60. The Morgan fingerprint density at radius 1 is 1.69 bits per heavy atom. The Hall–Kier alpha value is -1.12. The highest BCUT2D eigenvalue weighted by Gasteiger charge is 2.34. The maximum atomic E-state index is 11.5. The molecule has 2 rings (SSSR count). The Labute approximate surface area is 95.3 Å². The number of aliphatic hydroxyl groups excluding tert-OH is 2. The second-order valence-electron chi connectivity index (χ2n) is 3.52. The van der Waals surface area contributed by atoms with E-state index in [4.69, 9.17) is 10.8 Å². The van der Waals surface area contributed by atoms with Crippen molar-refractivity contribution in [2.75, 3.05) is 12.3 Å². The summed E-state index contributed by atoms with van der Waals surface area (Å²) in [5.41, 5.74) is 4.79. The van der Waals surface area contributed by atoms with Crippen LogP contribution >= 0.6 is 11.8 Å². The van der Waals surface area contributed by atoms with Crippen molar-refractivity contribution in [1.29, 1.82) is 0 Å². The monoisotopic (exact) mass is 244 g/mol. The highest BCUT2D eigenvalue weighted by Crippen LogP contribution is 2.40.